The van der Waals surface area contributed by atoms with Crippen molar-refractivity contribution in [3.63, 3.8) is 0 Å². The molecule has 0 bridgehead atoms. The summed E-state index contributed by atoms with van der Waals surface area (Å²) in [5.74, 6) is -0.104. The van der Waals surface area contributed by atoms with Crippen molar-refractivity contribution in [3.8, 4) is 0 Å². The maximum absolute atomic E-state index is 12.6. The number of fused-ring (bicyclic) bond motifs is 1. The molecule has 2 aromatic rings. The van der Waals surface area contributed by atoms with Crippen molar-refractivity contribution in [2.45, 2.75) is 51.4 Å². The van der Waals surface area contributed by atoms with Crippen LogP contribution in [0.3, 0.4) is 0 Å². The van der Waals surface area contributed by atoms with E-state index in [0.717, 1.165) is 44.2 Å². The molecule has 1 aromatic carbocycles. The SMILES string of the molecule is O=C(Nc1nc2c(s1)C(=O)CCC2)c1cccc(NC(=O)C2CCCCC2)c1. The Hall–Kier alpha value is -2.54. The molecular weight excluding hydrogens is 374 g/mol. The number of ketones is 1. The van der Waals surface area contributed by atoms with Gasteiger partial charge in [0, 0.05) is 23.6 Å². The molecule has 0 spiro atoms. The average molecular weight is 398 g/mol. The molecule has 4 rings (SSSR count). The smallest absolute Gasteiger partial charge is 0.257 e. The molecule has 0 unspecified atom stereocenters. The molecular formula is C21H23N3O3S. The summed E-state index contributed by atoms with van der Waals surface area (Å²) in [7, 11) is 0. The van der Waals surface area contributed by atoms with E-state index >= 15 is 0 Å². The Morgan fingerprint density at radius 2 is 1.86 bits per heavy atom. The van der Waals surface area contributed by atoms with Crippen LogP contribution in [0.1, 0.15) is 70.7 Å². The maximum atomic E-state index is 12.6. The van der Waals surface area contributed by atoms with Gasteiger partial charge in [0.15, 0.2) is 10.9 Å². The van der Waals surface area contributed by atoms with E-state index in [4.69, 9.17) is 0 Å². The fraction of sp³-hybridized carbons (Fsp3) is 0.429. The third-order valence-corrected chi connectivity index (χ3v) is 6.41. The number of carbonyl (C=O) groups excluding carboxylic acids is 3. The van der Waals surface area contributed by atoms with Crippen molar-refractivity contribution < 1.29 is 14.4 Å². The largest absolute Gasteiger partial charge is 0.326 e. The summed E-state index contributed by atoms with van der Waals surface area (Å²) in [6.45, 7) is 0. The molecule has 2 aliphatic rings. The van der Waals surface area contributed by atoms with Gasteiger partial charge in [0.1, 0.15) is 0 Å². The highest BCUT2D eigenvalue weighted by atomic mass is 32.1. The Morgan fingerprint density at radius 3 is 2.64 bits per heavy atom. The highest BCUT2D eigenvalue weighted by Crippen LogP contribution is 2.30. The molecule has 6 nitrogen and oxygen atoms in total. The molecule has 1 aromatic heterocycles. The van der Waals surface area contributed by atoms with Crippen molar-refractivity contribution >= 4 is 39.8 Å². The van der Waals surface area contributed by atoms with Gasteiger partial charge in [-0.2, -0.15) is 0 Å². The van der Waals surface area contributed by atoms with Crippen molar-refractivity contribution in [1.82, 2.24) is 4.98 Å². The Balaban J connectivity index is 1.43. The monoisotopic (exact) mass is 397 g/mol. The van der Waals surface area contributed by atoms with Crippen molar-refractivity contribution in [2.75, 3.05) is 10.6 Å². The predicted octanol–water partition coefficient (Wildman–Crippen LogP) is 4.43. The summed E-state index contributed by atoms with van der Waals surface area (Å²) in [5, 5.41) is 6.17. The number of aromatic nitrogens is 1. The molecule has 0 aliphatic heterocycles. The second-order valence-corrected chi connectivity index (χ2v) is 8.43. The van der Waals surface area contributed by atoms with Crippen LogP contribution in [-0.2, 0) is 11.2 Å². The van der Waals surface area contributed by atoms with Gasteiger partial charge in [0.05, 0.1) is 10.6 Å². The van der Waals surface area contributed by atoms with E-state index < -0.39 is 0 Å². The van der Waals surface area contributed by atoms with Gasteiger partial charge in [0.2, 0.25) is 5.91 Å². The third-order valence-electron chi connectivity index (χ3n) is 5.36. The molecule has 2 amide bonds. The van der Waals surface area contributed by atoms with E-state index in [1.54, 1.807) is 24.3 Å². The number of anilines is 2. The Morgan fingerprint density at radius 1 is 1.04 bits per heavy atom. The third kappa shape index (κ3) is 4.14. The highest BCUT2D eigenvalue weighted by molar-refractivity contribution is 7.17. The van der Waals surface area contributed by atoms with Crippen molar-refractivity contribution in [1.29, 1.82) is 0 Å². The Kier molecular flexibility index (Phi) is 5.52. The van der Waals surface area contributed by atoms with Gasteiger partial charge in [0.25, 0.3) is 5.91 Å². The zero-order chi connectivity index (χ0) is 19.5. The number of hydrogen-bond donors (Lipinski definition) is 2. The van der Waals surface area contributed by atoms with Gasteiger partial charge in [-0.1, -0.05) is 36.7 Å². The number of carbonyl (C=O) groups is 3. The van der Waals surface area contributed by atoms with Gasteiger partial charge in [-0.15, -0.1) is 0 Å². The lowest BCUT2D eigenvalue weighted by molar-refractivity contribution is -0.120. The number of benzene rings is 1. The van der Waals surface area contributed by atoms with E-state index in [1.807, 2.05) is 0 Å². The number of nitrogens with one attached hydrogen (secondary N) is 2. The summed E-state index contributed by atoms with van der Waals surface area (Å²) >= 11 is 1.24. The minimum Gasteiger partial charge on any atom is -0.326 e. The number of thiazole rings is 1. The first-order chi connectivity index (χ1) is 13.6. The van der Waals surface area contributed by atoms with Crippen LogP contribution in [0.25, 0.3) is 0 Å². The van der Waals surface area contributed by atoms with Crippen LogP contribution in [0.4, 0.5) is 10.8 Å². The van der Waals surface area contributed by atoms with E-state index in [-0.39, 0.29) is 23.5 Å². The topological polar surface area (TPSA) is 88.2 Å². The van der Waals surface area contributed by atoms with Crippen molar-refractivity contribution in [2.24, 2.45) is 5.92 Å². The fourth-order valence-electron chi connectivity index (χ4n) is 3.84. The van der Waals surface area contributed by atoms with Crippen LogP contribution in [0.5, 0.6) is 0 Å². The van der Waals surface area contributed by atoms with Gasteiger partial charge in [-0.3, -0.25) is 19.7 Å². The zero-order valence-electron chi connectivity index (χ0n) is 15.6. The molecule has 2 aliphatic carbocycles. The lowest BCUT2D eigenvalue weighted by Crippen LogP contribution is -2.24. The lowest BCUT2D eigenvalue weighted by atomic mass is 9.88. The molecule has 0 radical (unpaired) electrons. The van der Waals surface area contributed by atoms with Crippen LogP contribution in [0, 0.1) is 5.92 Å². The predicted molar refractivity (Wildman–Crippen MR) is 109 cm³/mol. The fourth-order valence-corrected chi connectivity index (χ4v) is 4.81. The Labute approximate surface area is 167 Å². The van der Waals surface area contributed by atoms with Crippen LogP contribution < -0.4 is 10.6 Å². The number of nitrogens with zero attached hydrogens (tertiary/aromatic N) is 1. The maximum Gasteiger partial charge on any atom is 0.257 e. The number of amides is 2. The van der Waals surface area contributed by atoms with E-state index in [9.17, 15) is 14.4 Å². The quantitative estimate of drug-likeness (QED) is 0.799. The van der Waals surface area contributed by atoms with Crippen molar-refractivity contribution in [3.05, 3.63) is 40.4 Å². The summed E-state index contributed by atoms with van der Waals surface area (Å²) in [6, 6.07) is 6.92. The first-order valence-electron chi connectivity index (χ1n) is 9.85. The summed E-state index contributed by atoms with van der Waals surface area (Å²) in [6.07, 6.45) is 7.39. The lowest BCUT2D eigenvalue weighted by Gasteiger charge is -2.20. The van der Waals surface area contributed by atoms with E-state index in [0.29, 0.717) is 27.7 Å². The summed E-state index contributed by atoms with van der Waals surface area (Å²) in [5.41, 5.74) is 1.85. The van der Waals surface area contributed by atoms with Crippen LogP contribution >= 0.6 is 11.3 Å². The molecule has 1 fully saturated rings. The molecule has 7 heteroatoms. The minimum atomic E-state index is -0.299. The van der Waals surface area contributed by atoms with Crippen LogP contribution in [0.2, 0.25) is 0 Å². The van der Waals surface area contributed by atoms with Gasteiger partial charge < -0.3 is 5.32 Å². The molecule has 0 saturated heterocycles. The number of rotatable bonds is 4. The van der Waals surface area contributed by atoms with Gasteiger partial charge in [-0.25, -0.2) is 4.98 Å². The minimum absolute atomic E-state index is 0.0309. The average Bonchev–Trinajstić information content (AvgIpc) is 3.13. The molecule has 146 valence electrons. The number of hydrogen-bond acceptors (Lipinski definition) is 5. The molecule has 1 saturated carbocycles. The normalized spacial score (nSPS) is 17.1. The standard InChI is InChI=1S/C21H23N3O3S/c25-17-11-5-10-16-18(17)28-21(23-16)24-20(27)14-8-4-9-15(12-14)22-19(26)13-6-2-1-3-7-13/h4,8-9,12-13H,1-3,5-7,10-11H2,(H,22,26)(H,23,24,27). The first kappa shape index (κ1) is 18.8. The first-order valence-corrected chi connectivity index (χ1v) is 10.7. The second kappa shape index (κ2) is 8.22. The molecule has 2 N–H and O–H groups in total. The number of aryl methyl sites for hydroxylation is 1. The summed E-state index contributed by atoms with van der Waals surface area (Å²) in [4.78, 5) is 42.0. The molecule has 0 atom stereocenters. The van der Waals surface area contributed by atoms with Crippen LogP contribution in [0.15, 0.2) is 24.3 Å². The Bertz CT molecular complexity index is 915. The molecule has 1 heterocycles. The zero-order valence-corrected chi connectivity index (χ0v) is 16.4. The van der Waals surface area contributed by atoms with Crippen LogP contribution in [-0.4, -0.2) is 22.6 Å². The van der Waals surface area contributed by atoms with E-state index in [2.05, 4.69) is 15.6 Å². The van der Waals surface area contributed by atoms with Gasteiger partial charge in [-0.05, 0) is 43.9 Å². The molecule has 28 heavy (non-hydrogen) atoms. The number of Topliss-reactive ketones (excluding diaryl/α,β-unsaturated/α-hetero) is 1. The highest BCUT2D eigenvalue weighted by Gasteiger charge is 2.23. The second-order valence-electron chi connectivity index (χ2n) is 7.43. The van der Waals surface area contributed by atoms with Gasteiger partial charge >= 0.3 is 0 Å². The summed E-state index contributed by atoms with van der Waals surface area (Å²) < 4.78 is 0. The van der Waals surface area contributed by atoms with E-state index in [1.165, 1.54) is 17.8 Å².